The van der Waals surface area contributed by atoms with Gasteiger partial charge in [-0.1, -0.05) is 6.07 Å². The van der Waals surface area contributed by atoms with Crippen LogP contribution in [0.2, 0.25) is 0 Å². The highest BCUT2D eigenvalue weighted by Crippen LogP contribution is 2.31. The molecular weight excluding hydrogens is 252 g/mol. The van der Waals surface area contributed by atoms with Gasteiger partial charge in [0.2, 0.25) is 5.95 Å². The molecule has 98 valence electrons. The second kappa shape index (κ2) is 4.55. The predicted molar refractivity (Wildman–Crippen MR) is 64.3 cm³/mol. The van der Waals surface area contributed by atoms with Crippen LogP contribution < -0.4 is 5.73 Å². The molecule has 0 aliphatic carbocycles. The summed E-state index contributed by atoms with van der Waals surface area (Å²) in [5.41, 5.74) is 7.72. The number of hydrogen-bond acceptors (Lipinski definition) is 4. The van der Waals surface area contributed by atoms with E-state index < -0.39 is 11.6 Å². The number of aromatic nitrogens is 2. The van der Waals surface area contributed by atoms with Crippen molar-refractivity contribution < 1.29 is 13.5 Å². The Morgan fingerprint density at radius 2 is 2.11 bits per heavy atom. The van der Waals surface area contributed by atoms with Crippen LogP contribution in [0.4, 0.5) is 14.7 Å². The smallest absolute Gasteiger partial charge is 0.220 e. The molecule has 1 atom stereocenters. The Hall–Kier alpha value is -2.08. The highest BCUT2D eigenvalue weighted by molar-refractivity contribution is 5.37. The van der Waals surface area contributed by atoms with Crippen molar-refractivity contribution in [2.75, 3.05) is 12.3 Å². The molecule has 1 aromatic heterocycles. The lowest BCUT2D eigenvalue weighted by atomic mass is 9.92. The van der Waals surface area contributed by atoms with E-state index in [0.717, 1.165) is 17.7 Å². The van der Waals surface area contributed by atoms with Crippen LogP contribution in [0.15, 0.2) is 24.4 Å². The molecule has 3 rings (SSSR count). The van der Waals surface area contributed by atoms with E-state index in [1.807, 2.05) is 0 Å². The first-order chi connectivity index (χ1) is 9.15. The Labute approximate surface area is 108 Å². The lowest BCUT2D eigenvalue weighted by molar-refractivity contribution is 0.0972. The van der Waals surface area contributed by atoms with Crippen molar-refractivity contribution in [1.82, 2.24) is 9.97 Å². The maximum atomic E-state index is 13.3. The molecule has 0 fully saturated rings. The largest absolute Gasteiger partial charge is 0.376 e. The van der Waals surface area contributed by atoms with E-state index in [-0.39, 0.29) is 11.9 Å². The number of nitrogens with two attached hydrogens (primary N) is 1. The SMILES string of the molecule is Nc1ncc2c(n1)C(c1ccc(F)c(F)c1)COC2. The van der Waals surface area contributed by atoms with E-state index in [0.29, 0.717) is 24.5 Å². The molecule has 2 aromatic rings. The summed E-state index contributed by atoms with van der Waals surface area (Å²) in [6, 6.07) is 3.79. The molecule has 19 heavy (non-hydrogen) atoms. The van der Waals surface area contributed by atoms with E-state index in [1.165, 1.54) is 6.07 Å². The Balaban J connectivity index is 2.07. The molecule has 4 nitrogen and oxygen atoms in total. The highest BCUT2D eigenvalue weighted by Gasteiger charge is 2.25. The highest BCUT2D eigenvalue weighted by atomic mass is 19.2. The summed E-state index contributed by atoms with van der Waals surface area (Å²) in [6.45, 7) is 0.754. The molecule has 6 heteroatoms. The summed E-state index contributed by atoms with van der Waals surface area (Å²) in [7, 11) is 0. The first-order valence-electron chi connectivity index (χ1n) is 5.79. The second-order valence-electron chi connectivity index (χ2n) is 4.38. The molecule has 0 saturated heterocycles. The molecule has 1 aliphatic rings. The minimum Gasteiger partial charge on any atom is -0.376 e. The molecule has 0 spiro atoms. The van der Waals surface area contributed by atoms with Crippen LogP contribution in [0.3, 0.4) is 0 Å². The van der Waals surface area contributed by atoms with E-state index >= 15 is 0 Å². The summed E-state index contributed by atoms with van der Waals surface area (Å²) < 4.78 is 31.7. The van der Waals surface area contributed by atoms with Crippen molar-refractivity contribution in [3.05, 3.63) is 52.9 Å². The minimum atomic E-state index is -0.883. The van der Waals surface area contributed by atoms with Gasteiger partial charge >= 0.3 is 0 Å². The van der Waals surface area contributed by atoms with Gasteiger partial charge in [0.15, 0.2) is 11.6 Å². The third kappa shape index (κ3) is 2.15. The predicted octanol–water partition coefficient (Wildman–Crippen LogP) is 2.00. The monoisotopic (exact) mass is 263 g/mol. The van der Waals surface area contributed by atoms with Gasteiger partial charge in [0.05, 0.1) is 24.8 Å². The zero-order valence-electron chi connectivity index (χ0n) is 9.94. The first-order valence-corrected chi connectivity index (χ1v) is 5.79. The van der Waals surface area contributed by atoms with Crippen molar-refractivity contribution in [3.8, 4) is 0 Å². The van der Waals surface area contributed by atoms with Crippen molar-refractivity contribution in [3.63, 3.8) is 0 Å². The topological polar surface area (TPSA) is 61.0 Å². The van der Waals surface area contributed by atoms with Gasteiger partial charge in [0.25, 0.3) is 0 Å². The van der Waals surface area contributed by atoms with Crippen LogP contribution in [-0.2, 0) is 11.3 Å². The molecule has 1 unspecified atom stereocenters. The van der Waals surface area contributed by atoms with Crippen LogP contribution in [0.1, 0.15) is 22.7 Å². The van der Waals surface area contributed by atoms with Gasteiger partial charge in [-0.05, 0) is 17.7 Å². The maximum absolute atomic E-state index is 13.3. The molecular formula is C13H11F2N3O. The first kappa shape index (κ1) is 12.0. The number of rotatable bonds is 1. The zero-order valence-corrected chi connectivity index (χ0v) is 9.94. The summed E-state index contributed by atoms with van der Waals surface area (Å²) in [4.78, 5) is 8.10. The summed E-state index contributed by atoms with van der Waals surface area (Å²) in [6.07, 6.45) is 1.60. The fourth-order valence-corrected chi connectivity index (χ4v) is 2.20. The summed E-state index contributed by atoms with van der Waals surface area (Å²) in [5.74, 6) is -1.85. The number of hydrogen-bond donors (Lipinski definition) is 1. The molecule has 1 aliphatic heterocycles. The van der Waals surface area contributed by atoms with Gasteiger partial charge in [-0.2, -0.15) is 0 Å². The van der Waals surface area contributed by atoms with Crippen LogP contribution >= 0.6 is 0 Å². The van der Waals surface area contributed by atoms with E-state index in [2.05, 4.69) is 9.97 Å². The number of ether oxygens (including phenoxy) is 1. The number of nitrogen functional groups attached to an aromatic ring is 1. The lowest BCUT2D eigenvalue weighted by Gasteiger charge is -2.24. The van der Waals surface area contributed by atoms with Crippen LogP contribution in [0, 0.1) is 11.6 Å². The van der Waals surface area contributed by atoms with Gasteiger partial charge in [0, 0.05) is 11.8 Å². The number of halogens is 2. The molecule has 2 N–H and O–H groups in total. The average Bonchev–Trinajstić information content (AvgIpc) is 2.41. The Morgan fingerprint density at radius 1 is 1.26 bits per heavy atom. The van der Waals surface area contributed by atoms with Gasteiger partial charge < -0.3 is 10.5 Å². The average molecular weight is 263 g/mol. The number of nitrogens with zero attached hydrogens (tertiary/aromatic N) is 2. The molecule has 0 amide bonds. The van der Waals surface area contributed by atoms with Gasteiger partial charge in [0.1, 0.15) is 0 Å². The fraction of sp³-hybridized carbons (Fsp3) is 0.231. The van der Waals surface area contributed by atoms with Crippen LogP contribution in [-0.4, -0.2) is 16.6 Å². The standard InChI is InChI=1S/C13H11F2N3O/c14-10-2-1-7(3-11(10)15)9-6-19-5-8-4-17-13(16)18-12(8)9/h1-4,9H,5-6H2,(H2,16,17,18). The third-order valence-electron chi connectivity index (χ3n) is 3.13. The molecule has 0 radical (unpaired) electrons. The van der Waals surface area contributed by atoms with E-state index in [9.17, 15) is 8.78 Å². The van der Waals surface area contributed by atoms with E-state index in [1.54, 1.807) is 6.20 Å². The van der Waals surface area contributed by atoms with Crippen molar-refractivity contribution >= 4 is 5.95 Å². The maximum Gasteiger partial charge on any atom is 0.220 e. The third-order valence-corrected chi connectivity index (χ3v) is 3.13. The Kier molecular flexibility index (Phi) is 2.87. The van der Waals surface area contributed by atoms with Crippen molar-refractivity contribution in [2.45, 2.75) is 12.5 Å². The number of benzene rings is 1. The number of fused-ring (bicyclic) bond motifs is 1. The van der Waals surface area contributed by atoms with Gasteiger partial charge in [-0.15, -0.1) is 0 Å². The Bertz CT molecular complexity index is 633. The van der Waals surface area contributed by atoms with Crippen LogP contribution in [0.25, 0.3) is 0 Å². The molecule has 1 aromatic carbocycles. The van der Waals surface area contributed by atoms with Crippen LogP contribution in [0.5, 0.6) is 0 Å². The normalized spacial score (nSPS) is 18.1. The molecule has 2 heterocycles. The molecule has 0 bridgehead atoms. The van der Waals surface area contributed by atoms with Gasteiger partial charge in [-0.25, -0.2) is 18.7 Å². The van der Waals surface area contributed by atoms with Crippen molar-refractivity contribution in [2.24, 2.45) is 0 Å². The van der Waals surface area contributed by atoms with Gasteiger partial charge in [-0.3, -0.25) is 0 Å². The lowest BCUT2D eigenvalue weighted by Crippen LogP contribution is -2.20. The molecule has 0 saturated carbocycles. The number of anilines is 1. The summed E-state index contributed by atoms with van der Waals surface area (Å²) in [5, 5.41) is 0. The zero-order chi connectivity index (χ0) is 13.4. The Morgan fingerprint density at radius 3 is 2.89 bits per heavy atom. The minimum absolute atomic E-state index is 0.160. The fourth-order valence-electron chi connectivity index (χ4n) is 2.20. The quantitative estimate of drug-likeness (QED) is 0.854. The second-order valence-corrected chi connectivity index (χ2v) is 4.38. The summed E-state index contributed by atoms with van der Waals surface area (Å²) >= 11 is 0. The van der Waals surface area contributed by atoms with E-state index in [4.69, 9.17) is 10.5 Å². The van der Waals surface area contributed by atoms with Crippen molar-refractivity contribution in [1.29, 1.82) is 0 Å².